The summed E-state index contributed by atoms with van der Waals surface area (Å²) in [5, 5.41) is 11.1. The van der Waals surface area contributed by atoms with E-state index in [4.69, 9.17) is 4.74 Å². The molecule has 0 spiro atoms. The molecule has 150 valence electrons. The highest BCUT2D eigenvalue weighted by Gasteiger charge is 2.29. The quantitative estimate of drug-likeness (QED) is 0.426. The summed E-state index contributed by atoms with van der Waals surface area (Å²) in [4.78, 5) is 10.3. The molecule has 0 saturated carbocycles. The van der Waals surface area contributed by atoms with Crippen LogP contribution >= 0.6 is 0 Å². The van der Waals surface area contributed by atoms with E-state index in [1.165, 1.54) is 17.5 Å². The van der Waals surface area contributed by atoms with Gasteiger partial charge in [0.15, 0.2) is 0 Å². The minimum atomic E-state index is -4.07. The molecule has 0 bridgehead atoms. The van der Waals surface area contributed by atoms with Gasteiger partial charge in [-0.3, -0.25) is 14.4 Å². The summed E-state index contributed by atoms with van der Waals surface area (Å²) in [6.07, 6.45) is 0. The van der Waals surface area contributed by atoms with Gasteiger partial charge in [-0.2, -0.15) is 0 Å². The molecular formula is C21H20N2O5S. The van der Waals surface area contributed by atoms with Gasteiger partial charge < -0.3 is 4.74 Å². The van der Waals surface area contributed by atoms with Crippen molar-refractivity contribution in [1.29, 1.82) is 0 Å². The summed E-state index contributed by atoms with van der Waals surface area (Å²) in [5.74, 6) is -0.0788. The van der Waals surface area contributed by atoms with Crippen LogP contribution in [0.1, 0.15) is 11.1 Å². The maximum atomic E-state index is 13.6. The maximum absolute atomic E-state index is 13.6. The zero-order valence-electron chi connectivity index (χ0n) is 16.0. The van der Waals surface area contributed by atoms with Gasteiger partial charge in [0, 0.05) is 6.07 Å². The SMILES string of the molecule is COc1cc([N+](=O)[O-])ccc1S(=O)(=O)N(Cc1ccccc1)c1cccc(C)c1. The minimum Gasteiger partial charge on any atom is -0.495 e. The van der Waals surface area contributed by atoms with Crippen LogP contribution in [0, 0.1) is 17.0 Å². The lowest BCUT2D eigenvalue weighted by atomic mass is 10.2. The Balaban J connectivity index is 2.15. The summed E-state index contributed by atoms with van der Waals surface area (Å²) in [6.45, 7) is 1.98. The van der Waals surface area contributed by atoms with Crippen LogP contribution in [0.25, 0.3) is 0 Å². The third-order valence-electron chi connectivity index (χ3n) is 4.38. The number of non-ortho nitro benzene ring substituents is 1. The second-order valence-electron chi connectivity index (χ2n) is 6.43. The van der Waals surface area contributed by atoms with Crippen LogP contribution in [0.5, 0.6) is 5.75 Å². The number of hydrogen-bond donors (Lipinski definition) is 0. The summed E-state index contributed by atoms with van der Waals surface area (Å²) < 4.78 is 33.6. The Hall–Kier alpha value is -3.39. The van der Waals surface area contributed by atoms with E-state index in [1.807, 2.05) is 43.3 Å². The van der Waals surface area contributed by atoms with E-state index in [-0.39, 0.29) is 22.9 Å². The fraction of sp³-hybridized carbons (Fsp3) is 0.143. The smallest absolute Gasteiger partial charge is 0.273 e. The first kappa shape index (κ1) is 20.3. The average Bonchev–Trinajstić information content (AvgIpc) is 2.72. The summed E-state index contributed by atoms with van der Waals surface area (Å²) >= 11 is 0. The molecule has 7 nitrogen and oxygen atoms in total. The van der Waals surface area contributed by atoms with Crippen LogP contribution in [0.15, 0.2) is 77.7 Å². The monoisotopic (exact) mass is 412 g/mol. The number of benzene rings is 3. The van der Waals surface area contributed by atoms with Gasteiger partial charge in [0.25, 0.3) is 15.7 Å². The Bertz CT molecular complexity index is 1130. The van der Waals surface area contributed by atoms with Crippen LogP contribution in [-0.4, -0.2) is 20.5 Å². The summed E-state index contributed by atoms with van der Waals surface area (Å²) in [5.41, 5.74) is 1.96. The van der Waals surface area contributed by atoms with Gasteiger partial charge in [-0.05, 0) is 36.2 Å². The number of hydrogen-bond acceptors (Lipinski definition) is 5. The molecule has 0 atom stereocenters. The van der Waals surface area contributed by atoms with Gasteiger partial charge in [-0.25, -0.2) is 8.42 Å². The molecule has 0 aliphatic heterocycles. The number of nitrogens with zero attached hydrogens (tertiary/aromatic N) is 2. The van der Waals surface area contributed by atoms with Gasteiger partial charge in [-0.1, -0.05) is 42.5 Å². The molecule has 0 saturated heterocycles. The standard InChI is InChI=1S/C21H20N2O5S/c1-16-7-6-10-18(13-16)22(15-17-8-4-3-5-9-17)29(26,27)21-12-11-19(23(24)25)14-20(21)28-2/h3-14H,15H2,1-2H3. The minimum absolute atomic E-state index is 0.0788. The largest absolute Gasteiger partial charge is 0.495 e. The van der Waals surface area contributed by atoms with Crippen molar-refractivity contribution in [3.63, 3.8) is 0 Å². The molecule has 3 aromatic carbocycles. The molecule has 0 radical (unpaired) electrons. The first-order chi connectivity index (χ1) is 13.8. The lowest BCUT2D eigenvalue weighted by molar-refractivity contribution is -0.385. The zero-order chi connectivity index (χ0) is 21.0. The molecule has 0 N–H and O–H groups in total. The molecule has 0 aromatic heterocycles. The number of sulfonamides is 1. The number of rotatable bonds is 7. The fourth-order valence-corrected chi connectivity index (χ4v) is 4.53. The Labute approximate surface area is 169 Å². The number of nitro groups is 1. The van der Waals surface area contributed by atoms with Crippen LogP contribution in [-0.2, 0) is 16.6 Å². The van der Waals surface area contributed by atoms with Crippen molar-refractivity contribution < 1.29 is 18.1 Å². The molecule has 0 aliphatic rings. The van der Waals surface area contributed by atoms with Gasteiger partial charge in [0.1, 0.15) is 10.6 Å². The van der Waals surface area contributed by atoms with Crippen LogP contribution in [0.3, 0.4) is 0 Å². The Morgan fingerprint density at radius 2 is 1.72 bits per heavy atom. The molecule has 8 heteroatoms. The van der Waals surface area contributed by atoms with Gasteiger partial charge in [0.2, 0.25) is 0 Å². The van der Waals surface area contributed by atoms with E-state index in [1.54, 1.807) is 18.2 Å². The lowest BCUT2D eigenvalue weighted by Crippen LogP contribution is -2.31. The second kappa shape index (κ2) is 8.32. The molecular weight excluding hydrogens is 392 g/mol. The normalized spacial score (nSPS) is 11.1. The summed E-state index contributed by atoms with van der Waals surface area (Å²) in [7, 11) is -2.78. The summed E-state index contributed by atoms with van der Waals surface area (Å²) in [6, 6.07) is 19.8. The average molecular weight is 412 g/mol. The first-order valence-electron chi connectivity index (χ1n) is 8.78. The Morgan fingerprint density at radius 3 is 2.34 bits per heavy atom. The Morgan fingerprint density at radius 1 is 1.00 bits per heavy atom. The van der Waals surface area contributed by atoms with Crippen molar-refractivity contribution >= 4 is 21.4 Å². The molecule has 0 heterocycles. The molecule has 0 unspecified atom stereocenters. The van der Waals surface area contributed by atoms with Gasteiger partial charge >= 0.3 is 0 Å². The number of nitro benzene ring substituents is 1. The zero-order valence-corrected chi connectivity index (χ0v) is 16.8. The first-order valence-corrected chi connectivity index (χ1v) is 10.2. The van der Waals surface area contributed by atoms with Crippen LogP contribution in [0.2, 0.25) is 0 Å². The number of aryl methyl sites for hydroxylation is 1. The van der Waals surface area contributed by atoms with E-state index in [0.717, 1.165) is 23.3 Å². The predicted octanol–water partition coefficient (Wildman–Crippen LogP) is 4.31. The van der Waals surface area contributed by atoms with Crippen molar-refractivity contribution in [3.05, 3.63) is 94.0 Å². The highest BCUT2D eigenvalue weighted by molar-refractivity contribution is 7.92. The van der Waals surface area contributed by atoms with E-state index < -0.39 is 14.9 Å². The van der Waals surface area contributed by atoms with Gasteiger partial charge in [-0.15, -0.1) is 0 Å². The van der Waals surface area contributed by atoms with Crippen molar-refractivity contribution in [2.45, 2.75) is 18.4 Å². The van der Waals surface area contributed by atoms with Gasteiger partial charge in [0.05, 0.1) is 30.3 Å². The Kier molecular flexibility index (Phi) is 5.84. The highest BCUT2D eigenvalue weighted by atomic mass is 32.2. The topological polar surface area (TPSA) is 89.7 Å². The molecule has 0 amide bonds. The number of ether oxygens (including phenoxy) is 1. The second-order valence-corrected chi connectivity index (χ2v) is 8.26. The van der Waals surface area contributed by atoms with E-state index in [2.05, 4.69) is 0 Å². The fourth-order valence-electron chi connectivity index (χ4n) is 2.95. The van der Waals surface area contributed by atoms with E-state index in [9.17, 15) is 18.5 Å². The van der Waals surface area contributed by atoms with Crippen molar-refractivity contribution in [1.82, 2.24) is 0 Å². The third kappa shape index (κ3) is 4.38. The number of anilines is 1. The molecule has 3 aromatic rings. The van der Waals surface area contributed by atoms with Crippen molar-refractivity contribution in [2.75, 3.05) is 11.4 Å². The predicted molar refractivity (Wildman–Crippen MR) is 111 cm³/mol. The van der Waals surface area contributed by atoms with Crippen molar-refractivity contribution in [2.24, 2.45) is 0 Å². The number of methoxy groups -OCH3 is 1. The van der Waals surface area contributed by atoms with Crippen molar-refractivity contribution in [3.8, 4) is 5.75 Å². The molecule has 0 aliphatic carbocycles. The molecule has 29 heavy (non-hydrogen) atoms. The molecule has 0 fully saturated rings. The maximum Gasteiger partial charge on any atom is 0.273 e. The molecule has 3 rings (SSSR count). The lowest BCUT2D eigenvalue weighted by Gasteiger charge is -2.26. The highest BCUT2D eigenvalue weighted by Crippen LogP contribution is 2.34. The van der Waals surface area contributed by atoms with E-state index in [0.29, 0.717) is 5.69 Å². The van der Waals surface area contributed by atoms with Crippen LogP contribution in [0.4, 0.5) is 11.4 Å². The van der Waals surface area contributed by atoms with E-state index >= 15 is 0 Å². The third-order valence-corrected chi connectivity index (χ3v) is 6.20. The van der Waals surface area contributed by atoms with Crippen LogP contribution < -0.4 is 9.04 Å².